The van der Waals surface area contributed by atoms with Crippen molar-refractivity contribution >= 4 is 30.7 Å². The predicted octanol–water partition coefficient (Wildman–Crippen LogP) is 4.40. The fraction of sp³-hybridized carbons (Fsp3) is 0.571. The zero-order valence-electron chi connectivity index (χ0n) is 25.7. The SMILES string of the molecule is CCCN(C)c1nc(C)nc2c1ncn2[C@@H]1O[C@](F)(CO[P@@](=O)(N[C@@H](C)C(=O)OC(C)C)Oc2ccccc2)[C@@H](O)[C@@]1(C)F. The summed E-state index contributed by atoms with van der Waals surface area (Å²) in [5.74, 6) is -3.05. The zero-order valence-corrected chi connectivity index (χ0v) is 26.6. The standard InChI is InChI=1S/C28H39F2N6O7P/c1-8-14-35(7)22-21-23(33-19(5)32-22)36(16-31-21)26-27(6,29)25(38)28(30,42-26)15-40-44(39,43-20-12-10-9-11-13-20)34-18(4)24(37)41-17(2)3/h9-13,16-18,25-26,38H,8,14-15H2,1-7H3,(H,34,39)/t18-,25-,26+,27+,28+,44-/m0/s1. The second kappa shape index (κ2) is 13.0. The molecule has 44 heavy (non-hydrogen) atoms. The number of ether oxygens (including phenoxy) is 2. The van der Waals surface area contributed by atoms with E-state index in [1.165, 1.54) is 30.0 Å². The van der Waals surface area contributed by atoms with Crippen LogP contribution in [0.15, 0.2) is 36.7 Å². The van der Waals surface area contributed by atoms with Crippen LogP contribution in [0.5, 0.6) is 5.75 Å². The fourth-order valence-corrected chi connectivity index (χ4v) is 6.26. The highest BCUT2D eigenvalue weighted by molar-refractivity contribution is 7.52. The van der Waals surface area contributed by atoms with E-state index in [0.717, 1.165) is 13.3 Å². The summed E-state index contributed by atoms with van der Waals surface area (Å²) in [7, 11) is -2.73. The number of benzene rings is 1. The van der Waals surface area contributed by atoms with Crippen molar-refractivity contribution in [3.05, 3.63) is 42.5 Å². The topological polar surface area (TPSA) is 150 Å². The van der Waals surface area contributed by atoms with Gasteiger partial charge in [-0.3, -0.25) is 13.9 Å². The third-order valence-corrected chi connectivity index (χ3v) is 8.50. The second-order valence-corrected chi connectivity index (χ2v) is 12.9. The number of alkyl halides is 2. The number of halogens is 2. The lowest BCUT2D eigenvalue weighted by Gasteiger charge is -2.28. The molecular formula is C28H39F2N6O7P. The maximum Gasteiger partial charge on any atom is 0.459 e. The third-order valence-electron chi connectivity index (χ3n) is 6.88. The number of carbonyl (C=O) groups excluding carboxylic acids is 1. The molecule has 2 N–H and O–H groups in total. The Morgan fingerprint density at radius 2 is 1.93 bits per heavy atom. The van der Waals surface area contributed by atoms with Crippen LogP contribution in [0.1, 0.15) is 53.1 Å². The van der Waals surface area contributed by atoms with Crippen LogP contribution >= 0.6 is 7.75 Å². The van der Waals surface area contributed by atoms with Crippen LogP contribution in [0.2, 0.25) is 0 Å². The van der Waals surface area contributed by atoms with Crippen LogP contribution in [-0.4, -0.2) is 80.6 Å². The quantitative estimate of drug-likeness (QED) is 0.201. The Kier molecular flexibility index (Phi) is 9.96. The Bertz CT molecular complexity index is 1510. The molecule has 16 heteroatoms. The smallest absolute Gasteiger partial charge is 0.459 e. The molecule has 242 valence electrons. The van der Waals surface area contributed by atoms with Gasteiger partial charge in [-0.05, 0) is 53.2 Å². The summed E-state index contributed by atoms with van der Waals surface area (Å²) in [4.78, 5) is 27.5. The molecule has 0 spiro atoms. The number of aryl methyl sites for hydroxylation is 1. The first-order chi connectivity index (χ1) is 20.6. The number of anilines is 1. The molecule has 13 nitrogen and oxygen atoms in total. The van der Waals surface area contributed by atoms with Crippen molar-refractivity contribution in [3.63, 3.8) is 0 Å². The number of carbonyl (C=O) groups is 1. The molecule has 1 saturated heterocycles. The predicted molar refractivity (Wildman–Crippen MR) is 158 cm³/mol. The van der Waals surface area contributed by atoms with Crippen LogP contribution < -0.4 is 14.5 Å². The molecule has 3 heterocycles. The number of hydrogen-bond donors (Lipinski definition) is 2. The average Bonchev–Trinajstić information content (AvgIpc) is 3.44. The second-order valence-electron chi connectivity index (χ2n) is 11.2. The van der Waals surface area contributed by atoms with Gasteiger partial charge >= 0.3 is 13.7 Å². The molecule has 1 aliphatic rings. The summed E-state index contributed by atoms with van der Waals surface area (Å²) in [6, 6.07) is 6.61. The first kappa shape index (κ1) is 33.7. The lowest BCUT2D eigenvalue weighted by atomic mass is 9.97. The average molecular weight is 641 g/mol. The van der Waals surface area contributed by atoms with Crippen molar-refractivity contribution in [1.29, 1.82) is 0 Å². The van der Waals surface area contributed by atoms with Gasteiger partial charge in [0.1, 0.15) is 24.2 Å². The van der Waals surface area contributed by atoms with Gasteiger partial charge in [-0.25, -0.2) is 28.3 Å². The van der Waals surface area contributed by atoms with Crippen molar-refractivity contribution in [3.8, 4) is 5.75 Å². The van der Waals surface area contributed by atoms with Gasteiger partial charge in [0.15, 0.2) is 35.0 Å². The summed E-state index contributed by atoms with van der Waals surface area (Å²) in [5.41, 5.74) is -2.23. The van der Waals surface area contributed by atoms with E-state index in [9.17, 15) is 14.5 Å². The molecule has 6 atom stereocenters. The molecule has 4 rings (SSSR count). The lowest BCUT2D eigenvalue weighted by Crippen LogP contribution is -2.47. The molecule has 1 fully saturated rings. The number of nitrogens with zero attached hydrogens (tertiary/aromatic N) is 5. The normalized spacial score (nSPS) is 25.6. The number of para-hydroxylation sites is 1. The number of hydrogen-bond acceptors (Lipinski definition) is 11. The molecule has 1 aliphatic heterocycles. The van der Waals surface area contributed by atoms with Gasteiger partial charge in [-0.1, -0.05) is 25.1 Å². The van der Waals surface area contributed by atoms with Crippen LogP contribution in [0.3, 0.4) is 0 Å². The summed E-state index contributed by atoms with van der Waals surface area (Å²) in [5, 5.41) is 13.3. The van der Waals surface area contributed by atoms with E-state index in [4.69, 9.17) is 18.5 Å². The highest BCUT2D eigenvalue weighted by Crippen LogP contribution is 2.52. The Labute approximate surface area is 254 Å². The van der Waals surface area contributed by atoms with Gasteiger partial charge in [-0.2, -0.15) is 5.09 Å². The minimum Gasteiger partial charge on any atom is -0.462 e. The summed E-state index contributed by atoms with van der Waals surface area (Å²) >= 11 is 0. The van der Waals surface area contributed by atoms with Gasteiger partial charge < -0.3 is 24.0 Å². The van der Waals surface area contributed by atoms with Crippen LogP contribution in [0.4, 0.5) is 14.6 Å². The Hall–Kier alpha value is -3.23. The minimum absolute atomic E-state index is 0.0746. The fourth-order valence-electron chi connectivity index (χ4n) is 4.76. The van der Waals surface area contributed by atoms with Crippen molar-refractivity contribution in [2.45, 2.75) is 84.0 Å². The highest BCUT2D eigenvalue weighted by Gasteiger charge is 2.65. The Balaban J connectivity index is 1.62. The molecule has 0 amide bonds. The number of nitrogens with one attached hydrogen (secondary N) is 1. The number of aliphatic hydroxyl groups excluding tert-OH is 1. The number of aromatic nitrogens is 4. The van der Waals surface area contributed by atoms with E-state index in [1.807, 2.05) is 18.9 Å². The molecule has 1 aromatic carbocycles. The summed E-state index contributed by atoms with van der Waals surface area (Å²) in [6.07, 6.45) is -2.56. The van der Waals surface area contributed by atoms with E-state index in [0.29, 0.717) is 23.7 Å². The molecule has 2 aromatic heterocycles. The Morgan fingerprint density at radius 3 is 2.57 bits per heavy atom. The van der Waals surface area contributed by atoms with Gasteiger partial charge in [0, 0.05) is 13.6 Å². The first-order valence-corrected chi connectivity index (χ1v) is 15.8. The molecule has 0 saturated carbocycles. The van der Waals surface area contributed by atoms with E-state index in [1.54, 1.807) is 39.0 Å². The highest BCUT2D eigenvalue weighted by atomic mass is 31.2. The lowest BCUT2D eigenvalue weighted by molar-refractivity contribution is -0.202. The zero-order chi connectivity index (χ0) is 32.4. The summed E-state index contributed by atoms with van der Waals surface area (Å²) < 4.78 is 69.1. The number of imidazole rings is 1. The van der Waals surface area contributed by atoms with Crippen LogP contribution in [0, 0.1) is 6.92 Å². The van der Waals surface area contributed by atoms with E-state index in [2.05, 4.69) is 20.0 Å². The van der Waals surface area contributed by atoms with Crippen molar-refractivity contribution < 1.29 is 41.8 Å². The van der Waals surface area contributed by atoms with Gasteiger partial charge in [0.2, 0.25) is 0 Å². The Morgan fingerprint density at radius 1 is 1.25 bits per heavy atom. The van der Waals surface area contributed by atoms with Gasteiger partial charge in [0.05, 0.1) is 12.4 Å². The van der Waals surface area contributed by atoms with E-state index >= 15 is 8.78 Å². The number of aliphatic hydroxyl groups is 1. The van der Waals surface area contributed by atoms with Crippen molar-refractivity contribution in [2.75, 3.05) is 25.1 Å². The van der Waals surface area contributed by atoms with Crippen LogP contribution in [-0.2, 0) is 23.4 Å². The van der Waals surface area contributed by atoms with E-state index < -0.39 is 56.3 Å². The van der Waals surface area contributed by atoms with Gasteiger partial charge in [0.25, 0.3) is 5.85 Å². The number of rotatable bonds is 13. The van der Waals surface area contributed by atoms with Crippen molar-refractivity contribution in [2.24, 2.45) is 0 Å². The molecular weight excluding hydrogens is 601 g/mol. The molecule has 0 radical (unpaired) electrons. The number of fused-ring (bicyclic) bond motifs is 1. The minimum atomic E-state index is -4.56. The summed E-state index contributed by atoms with van der Waals surface area (Å²) in [6.45, 7) is 8.68. The van der Waals surface area contributed by atoms with Crippen molar-refractivity contribution in [1.82, 2.24) is 24.6 Å². The monoisotopic (exact) mass is 640 g/mol. The first-order valence-electron chi connectivity index (χ1n) is 14.2. The largest absolute Gasteiger partial charge is 0.462 e. The molecule has 0 unspecified atom stereocenters. The molecule has 0 bridgehead atoms. The molecule has 0 aliphatic carbocycles. The number of esters is 1. The van der Waals surface area contributed by atoms with E-state index in [-0.39, 0.29) is 11.4 Å². The van der Waals surface area contributed by atoms with Gasteiger partial charge in [-0.15, -0.1) is 0 Å². The maximum atomic E-state index is 16.4. The van der Waals surface area contributed by atoms with Crippen LogP contribution in [0.25, 0.3) is 11.2 Å². The maximum absolute atomic E-state index is 16.4. The third kappa shape index (κ3) is 7.02. The molecule has 3 aromatic rings.